The van der Waals surface area contributed by atoms with Gasteiger partial charge in [-0.15, -0.1) is 0 Å². The molecule has 2 atom stereocenters. The summed E-state index contributed by atoms with van der Waals surface area (Å²) in [5, 5.41) is 9.94. The van der Waals surface area contributed by atoms with Crippen molar-refractivity contribution in [2.45, 2.75) is 57.8 Å². The minimum absolute atomic E-state index is 0.145. The molecule has 0 aromatic heterocycles. The van der Waals surface area contributed by atoms with Gasteiger partial charge in [0.2, 0.25) is 0 Å². The van der Waals surface area contributed by atoms with E-state index in [-0.39, 0.29) is 12.1 Å². The van der Waals surface area contributed by atoms with E-state index < -0.39 is 11.7 Å². The molecule has 1 unspecified atom stereocenters. The van der Waals surface area contributed by atoms with Crippen LogP contribution in [0.2, 0.25) is 0 Å². The van der Waals surface area contributed by atoms with E-state index in [0.29, 0.717) is 19.5 Å². The molecule has 1 aliphatic heterocycles. The van der Waals surface area contributed by atoms with E-state index in [1.807, 2.05) is 20.8 Å². The SMILES string of the molecule is CC(C)(C)OC(=O)N1CCCC1[C@H](O)CCN. The Morgan fingerprint density at radius 3 is 2.76 bits per heavy atom. The zero-order valence-corrected chi connectivity index (χ0v) is 11.0. The van der Waals surface area contributed by atoms with Gasteiger partial charge in [-0.05, 0) is 46.6 Å². The summed E-state index contributed by atoms with van der Waals surface area (Å²) in [6.45, 7) is 6.60. The molecule has 100 valence electrons. The zero-order chi connectivity index (χ0) is 13.1. The smallest absolute Gasteiger partial charge is 0.410 e. The lowest BCUT2D eigenvalue weighted by molar-refractivity contribution is 0.00435. The lowest BCUT2D eigenvalue weighted by Gasteiger charge is -2.30. The van der Waals surface area contributed by atoms with Crippen molar-refractivity contribution in [1.82, 2.24) is 4.90 Å². The van der Waals surface area contributed by atoms with Crippen LogP contribution in [0.3, 0.4) is 0 Å². The maximum absolute atomic E-state index is 11.9. The molecule has 0 spiro atoms. The predicted octanol–water partition coefficient (Wildman–Crippen LogP) is 1.10. The largest absolute Gasteiger partial charge is 0.444 e. The van der Waals surface area contributed by atoms with E-state index in [1.54, 1.807) is 4.90 Å². The second-order valence-corrected chi connectivity index (χ2v) is 5.53. The second kappa shape index (κ2) is 5.69. The third-order valence-electron chi connectivity index (χ3n) is 2.83. The van der Waals surface area contributed by atoms with Gasteiger partial charge in [-0.1, -0.05) is 0 Å². The number of hydrogen-bond acceptors (Lipinski definition) is 4. The van der Waals surface area contributed by atoms with Crippen molar-refractivity contribution in [2.24, 2.45) is 5.73 Å². The molecule has 5 nitrogen and oxygen atoms in total. The molecule has 1 heterocycles. The highest BCUT2D eigenvalue weighted by Crippen LogP contribution is 2.24. The summed E-state index contributed by atoms with van der Waals surface area (Å²) in [5.41, 5.74) is 4.93. The Bertz CT molecular complexity index is 263. The molecule has 0 aliphatic carbocycles. The first-order valence-electron chi connectivity index (χ1n) is 6.23. The summed E-state index contributed by atoms with van der Waals surface area (Å²) in [4.78, 5) is 13.6. The molecule has 1 aliphatic rings. The maximum atomic E-state index is 11.9. The molecule has 0 bridgehead atoms. The Kier molecular flexibility index (Phi) is 4.77. The van der Waals surface area contributed by atoms with Gasteiger partial charge in [-0.3, -0.25) is 0 Å². The number of ether oxygens (including phenoxy) is 1. The highest BCUT2D eigenvalue weighted by Gasteiger charge is 2.35. The Morgan fingerprint density at radius 1 is 1.59 bits per heavy atom. The van der Waals surface area contributed by atoms with Crippen molar-refractivity contribution in [1.29, 1.82) is 0 Å². The lowest BCUT2D eigenvalue weighted by Crippen LogP contribution is -2.45. The van der Waals surface area contributed by atoms with E-state index in [1.165, 1.54) is 0 Å². The number of amides is 1. The fourth-order valence-corrected chi connectivity index (χ4v) is 2.10. The Morgan fingerprint density at radius 2 is 2.24 bits per heavy atom. The fraction of sp³-hybridized carbons (Fsp3) is 0.917. The van der Waals surface area contributed by atoms with Crippen molar-refractivity contribution < 1.29 is 14.6 Å². The van der Waals surface area contributed by atoms with Gasteiger partial charge in [0.1, 0.15) is 5.60 Å². The first kappa shape index (κ1) is 14.3. The van der Waals surface area contributed by atoms with E-state index in [0.717, 1.165) is 12.8 Å². The number of carbonyl (C=O) groups is 1. The van der Waals surface area contributed by atoms with Crippen LogP contribution in [0, 0.1) is 0 Å². The first-order valence-corrected chi connectivity index (χ1v) is 6.23. The van der Waals surface area contributed by atoms with Crippen molar-refractivity contribution in [3.63, 3.8) is 0 Å². The molecule has 3 N–H and O–H groups in total. The molecule has 0 saturated carbocycles. The minimum atomic E-state index is -0.546. The van der Waals surface area contributed by atoms with Gasteiger partial charge in [0.05, 0.1) is 12.1 Å². The van der Waals surface area contributed by atoms with Gasteiger partial charge >= 0.3 is 6.09 Å². The number of nitrogens with zero attached hydrogens (tertiary/aromatic N) is 1. The quantitative estimate of drug-likeness (QED) is 0.779. The minimum Gasteiger partial charge on any atom is -0.444 e. The van der Waals surface area contributed by atoms with Gasteiger partial charge in [0.25, 0.3) is 0 Å². The van der Waals surface area contributed by atoms with Crippen LogP contribution < -0.4 is 5.73 Å². The first-order chi connectivity index (χ1) is 7.85. The lowest BCUT2D eigenvalue weighted by atomic mass is 10.1. The summed E-state index contributed by atoms with van der Waals surface area (Å²) < 4.78 is 5.32. The van der Waals surface area contributed by atoms with Crippen molar-refractivity contribution in [3.05, 3.63) is 0 Å². The van der Waals surface area contributed by atoms with Gasteiger partial charge in [-0.2, -0.15) is 0 Å². The summed E-state index contributed by atoms with van der Waals surface area (Å²) >= 11 is 0. The van der Waals surface area contributed by atoms with Crippen LogP contribution >= 0.6 is 0 Å². The van der Waals surface area contributed by atoms with Crippen LogP contribution in [-0.2, 0) is 4.74 Å². The third-order valence-corrected chi connectivity index (χ3v) is 2.83. The van der Waals surface area contributed by atoms with Crippen LogP contribution in [0.25, 0.3) is 0 Å². The molecule has 17 heavy (non-hydrogen) atoms. The van der Waals surface area contributed by atoms with Gasteiger partial charge < -0.3 is 20.5 Å². The Balaban J connectivity index is 2.59. The van der Waals surface area contributed by atoms with E-state index >= 15 is 0 Å². The maximum Gasteiger partial charge on any atom is 0.410 e. The summed E-state index contributed by atoms with van der Waals surface area (Å²) in [5.74, 6) is 0. The fourth-order valence-electron chi connectivity index (χ4n) is 2.10. The van der Waals surface area contributed by atoms with Crippen LogP contribution in [-0.4, -0.2) is 46.9 Å². The molecule has 5 heteroatoms. The number of carbonyl (C=O) groups excluding carboxylic acids is 1. The number of hydrogen-bond donors (Lipinski definition) is 2. The van der Waals surface area contributed by atoms with Crippen LogP contribution in [0.1, 0.15) is 40.0 Å². The number of aliphatic hydroxyl groups excluding tert-OH is 1. The molecular formula is C12H24N2O3. The highest BCUT2D eigenvalue weighted by atomic mass is 16.6. The molecule has 1 fully saturated rings. The predicted molar refractivity (Wildman–Crippen MR) is 65.6 cm³/mol. The van der Waals surface area contributed by atoms with Crippen LogP contribution in [0.5, 0.6) is 0 Å². The Hall–Kier alpha value is -0.810. The molecular weight excluding hydrogens is 220 g/mol. The average molecular weight is 244 g/mol. The van der Waals surface area contributed by atoms with Crippen molar-refractivity contribution >= 4 is 6.09 Å². The van der Waals surface area contributed by atoms with E-state index in [2.05, 4.69) is 0 Å². The second-order valence-electron chi connectivity index (χ2n) is 5.53. The average Bonchev–Trinajstić information content (AvgIpc) is 2.63. The zero-order valence-electron chi connectivity index (χ0n) is 11.0. The standard InChI is InChI=1S/C12H24N2O3/c1-12(2,3)17-11(16)14-8-4-5-9(14)10(15)6-7-13/h9-10,15H,4-8,13H2,1-3H3/t9?,10-/m1/s1. The highest BCUT2D eigenvalue weighted by molar-refractivity contribution is 5.69. The number of nitrogens with two attached hydrogens (primary N) is 1. The number of aliphatic hydroxyl groups is 1. The van der Waals surface area contributed by atoms with Gasteiger partial charge in [-0.25, -0.2) is 4.79 Å². The normalized spacial score (nSPS) is 22.6. The third kappa shape index (κ3) is 4.16. The van der Waals surface area contributed by atoms with Crippen LogP contribution in [0.15, 0.2) is 0 Å². The van der Waals surface area contributed by atoms with E-state index in [4.69, 9.17) is 10.5 Å². The molecule has 1 rings (SSSR count). The molecule has 0 radical (unpaired) electrons. The molecule has 1 amide bonds. The number of rotatable bonds is 3. The topological polar surface area (TPSA) is 75.8 Å². The van der Waals surface area contributed by atoms with Crippen LogP contribution in [0.4, 0.5) is 4.79 Å². The van der Waals surface area contributed by atoms with Gasteiger partial charge in [0, 0.05) is 6.54 Å². The molecule has 0 aromatic carbocycles. The van der Waals surface area contributed by atoms with Crippen molar-refractivity contribution in [3.8, 4) is 0 Å². The summed E-state index contributed by atoms with van der Waals surface area (Å²) in [6, 6.07) is -0.145. The van der Waals surface area contributed by atoms with Gasteiger partial charge in [0.15, 0.2) is 0 Å². The van der Waals surface area contributed by atoms with Crippen molar-refractivity contribution in [2.75, 3.05) is 13.1 Å². The summed E-state index contributed by atoms with van der Waals surface area (Å²) in [7, 11) is 0. The molecule has 1 saturated heterocycles. The number of likely N-dealkylation sites (tertiary alicyclic amines) is 1. The summed E-state index contributed by atoms with van der Waals surface area (Å²) in [6.07, 6.45) is 1.36. The monoisotopic (exact) mass is 244 g/mol. The molecule has 0 aromatic rings. The van der Waals surface area contributed by atoms with E-state index in [9.17, 15) is 9.90 Å². The Labute approximate surface area is 103 Å².